The number of aliphatic hydroxyl groups is 15. The van der Waals surface area contributed by atoms with E-state index in [2.05, 4.69) is 37.6 Å². The summed E-state index contributed by atoms with van der Waals surface area (Å²) in [4.78, 5) is 156. The van der Waals surface area contributed by atoms with Gasteiger partial charge in [0.25, 0.3) is 0 Å². The summed E-state index contributed by atoms with van der Waals surface area (Å²) in [5.74, 6) is -1.42. The molecule has 0 aromatic rings. The van der Waals surface area contributed by atoms with E-state index < -0.39 is 144 Å². The summed E-state index contributed by atoms with van der Waals surface area (Å²) in [7, 11) is 4.08. The van der Waals surface area contributed by atoms with Gasteiger partial charge in [-0.15, -0.1) is 0 Å². The van der Waals surface area contributed by atoms with Gasteiger partial charge < -0.3 is 115 Å². The normalized spacial score (nSPS) is 36.9. The Bertz CT molecular complexity index is 3320. The monoisotopic (exact) mass is 1700 g/mol. The molecule has 12 fully saturated rings. The lowest BCUT2D eigenvalue weighted by Crippen LogP contribution is -2.65. The number of aliphatic hydroxyl groups excluding tert-OH is 15. The zero-order valence-electron chi connectivity index (χ0n) is 70.3. The molecule has 0 aromatic heterocycles. The molecule has 4 saturated carbocycles. The zero-order chi connectivity index (χ0) is 89.5. The number of carbonyl (C=O) groups is 12. The number of rotatable bonds is 10. The smallest absolute Gasteiger partial charge is 0.410 e. The molecule has 39 nitrogen and oxygen atoms in total. The molecule has 119 heavy (non-hydrogen) atoms. The van der Waals surface area contributed by atoms with Crippen molar-refractivity contribution in [1.29, 1.82) is 0 Å². The van der Waals surface area contributed by atoms with E-state index >= 15 is 0 Å². The Hall–Kier alpha value is -6.71. The van der Waals surface area contributed by atoms with Crippen LogP contribution in [0.15, 0.2) is 0 Å². The van der Waals surface area contributed by atoms with Gasteiger partial charge in [0.2, 0.25) is 47.3 Å². The van der Waals surface area contributed by atoms with Crippen molar-refractivity contribution in [3.05, 3.63) is 0 Å². The van der Waals surface area contributed by atoms with Crippen LogP contribution in [0, 0.1) is 51.2 Å². The first-order chi connectivity index (χ1) is 55.5. The van der Waals surface area contributed by atoms with Gasteiger partial charge in [0.1, 0.15) is 97.7 Å². The lowest BCUT2D eigenvalue weighted by Gasteiger charge is -2.46. The van der Waals surface area contributed by atoms with Crippen LogP contribution in [0.2, 0.25) is 0 Å². The fourth-order valence-electron chi connectivity index (χ4n) is 18.4. The van der Waals surface area contributed by atoms with Gasteiger partial charge in [-0.3, -0.25) is 67.5 Å². The number of piperidine rings is 4. The van der Waals surface area contributed by atoms with Gasteiger partial charge in [0.15, 0.2) is 12.2 Å². The summed E-state index contributed by atoms with van der Waals surface area (Å²) in [5, 5.41) is 144. The van der Waals surface area contributed by atoms with E-state index in [1.54, 1.807) is 13.8 Å². The number of amides is 10. The highest BCUT2D eigenvalue weighted by Gasteiger charge is 2.59. The molecule has 12 rings (SSSR count). The standard InChI is InChI=1S/2C17H26N2O9.C14H24O4.C12H19FN2O2.C12H20N2O2.C7H14O5/c2*1-2-19-8(20)7-17(15(19)26)3-5-18(6-4-17)16(27)28-14-12(24)10(22)9(21)11(23)13(14)25;1-7-8(2)13(17-11(5)15)10(4)14(9(7)3)18-12(6)16;1-9(13)8-15-10(16)7-12(11(15)17)3-5-14(2)6-4-12;1-3-6-14-10(15)9-12(11(14)16)4-7-13(2)8-5-12;1-2-3(8)5(10)7(12)6(11)4(2)9/h2*9-14,21-25H,2-7H2,1H3;7-10,13-14H,1-6H3;9H,3-8H2,1-2H3;3-9H2,1-2H3;2-12H,1H3. The van der Waals surface area contributed by atoms with Crippen LogP contribution < -0.4 is 0 Å². The second kappa shape index (κ2) is 41.2. The van der Waals surface area contributed by atoms with E-state index in [9.17, 15) is 123 Å². The molecule has 8 aliphatic heterocycles. The minimum Gasteiger partial charge on any atom is -0.462 e. The van der Waals surface area contributed by atoms with Gasteiger partial charge in [-0.25, -0.2) is 14.0 Å². The molecule has 17 atom stereocenters. The molecule has 678 valence electrons. The zero-order valence-corrected chi connectivity index (χ0v) is 70.3. The Morgan fingerprint density at radius 2 is 0.605 bits per heavy atom. The summed E-state index contributed by atoms with van der Waals surface area (Å²) < 4.78 is 34.0. The minimum atomic E-state index is -1.79. The first-order valence-electron chi connectivity index (χ1n) is 41.4. The maximum absolute atomic E-state index is 13.0. The van der Waals surface area contributed by atoms with Crippen molar-refractivity contribution in [2.45, 2.75) is 282 Å². The van der Waals surface area contributed by atoms with Crippen LogP contribution >= 0.6 is 0 Å². The van der Waals surface area contributed by atoms with E-state index in [4.69, 9.17) is 34.3 Å². The third-order valence-electron chi connectivity index (χ3n) is 26.7. The number of hydrogen-bond donors (Lipinski definition) is 15. The summed E-state index contributed by atoms with van der Waals surface area (Å²) in [6, 6.07) is 0. The number of imide groups is 4. The number of alkyl halides is 1. The molecule has 40 heteroatoms. The number of halogens is 1. The third kappa shape index (κ3) is 21.6. The molecule has 0 radical (unpaired) electrons. The van der Waals surface area contributed by atoms with Crippen molar-refractivity contribution in [2.24, 2.45) is 51.2 Å². The average Bonchev–Trinajstić information content (AvgIpc) is 1.60. The number of likely N-dealkylation sites (tertiary alicyclic amines) is 8. The number of ether oxygens (including phenoxy) is 4. The Morgan fingerprint density at radius 3 is 0.874 bits per heavy atom. The molecule has 17 unspecified atom stereocenters. The number of esters is 2. The highest BCUT2D eigenvalue weighted by molar-refractivity contribution is 6.08. The van der Waals surface area contributed by atoms with E-state index in [1.165, 1.54) is 52.2 Å². The predicted molar refractivity (Wildman–Crippen MR) is 410 cm³/mol. The van der Waals surface area contributed by atoms with Crippen LogP contribution in [-0.2, 0) is 66.9 Å². The second-order valence-electron chi connectivity index (χ2n) is 34.7. The molecule has 0 bridgehead atoms. The van der Waals surface area contributed by atoms with Crippen LogP contribution in [0.5, 0.6) is 0 Å². The van der Waals surface area contributed by atoms with Gasteiger partial charge in [0.05, 0.1) is 40.4 Å². The molecule has 8 heterocycles. The lowest BCUT2D eigenvalue weighted by atomic mass is 9.66. The maximum atomic E-state index is 13.0. The Morgan fingerprint density at radius 1 is 0.353 bits per heavy atom. The van der Waals surface area contributed by atoms with Crippen molar-refractivity contribution in [3.63, 3.8) is 0 Å². The fraction of sp³-hybridized carbons (Fsp3) is 0.848. The predicted octanol–water partition coefficient (Wildman–Crippen LogP) is -4.13. The molecule has 4 aliphatic carbocycles. The average molecular weight is 1710 g/mol. The highest BCUT2D eigenvalue weighted by Crippen LogP contribution is 2.47. The summed E-state index contributed by atoms with van der Waals surface area (Å²) in [5.41, 5.74) is -2.51. The van der Waals surface area contributed by atoms with E-state index in [1.807, 2.05) is 20.9 Å². The van der Waals surface area contributed by atoms with Crippen molar-refractivity contribution < 1.29 is 157 Å². The first-order valence-corrected chi connectivity index (χ1v) is 41.4. The lowest BCUT2D eigenvalue weighted by molar-refractivity contribution is -0.224. The first kappa shape index (κ1) is 99.4. The SMILES string of the molecule is CC(=O)OC1C(C)C(C)C(C)C(OC(C)=O)C1C.CC(F)CN1C(=O)CC2(CCN(C)CC2)C1=O.CC1C(O)C(O)C(O)C(O)C1O.CCCN1C(=O)CC2(CCN(C)CC2)C1=O.CCN1C(=O)CC2(CCN(C(=O)OC3C(O)C(O)C(O)C(O)C3O)CC2)C1=O.CCN1C(=O)CC2(CCN(C(=O)OC3C(O)C(O)C(O)C(O)C3O)CC2)C1=O. The molecule has 4 spiro atoms. The Kier molecular flexibility index (Phi) is 34.4. The molecule has 10 amide bonds. The van der Waals surface area contributed by atoms with E-state index in [-0.39, 0.29) is 172 Å². The van der Waals surface area contributed by atoms with E-state index in [0.29, 0.717) is 44.8 Å². The second-order valence-corrected chi connectivity index (χ2v) is 34.7. The van der Waals surface area contributed by atoms with Crippen LogP contribution in [-0.4, -0.2) is 402 Å². The van der Waals surface area contributed by atoms with Crippen molar-refractivity contribution >= 4 is 71.4 Å². The van der Waals surface area contributed by atoms with Crippen molar-refractivity contribution in [1.82, 2.24) is 39.2 Å². The van der Waals surface area contributed by atoms with Crippen LogP contribution in [0.4, 0.5) is 14.0 Å². The van der Waals surface area contributed by atoms with Gasteiger partial charge >= 0.3 is 24.1 Å². The molecular weight excluding hydrogens is 1580 g/mol. The van der Waals surface area contributed by atoms with Crippen molar-refractivity contribution in [3.8, 4) is 0 Å². The van der Waals surface area contributed by atoms with Gasteiger partial charge in [-0.05, 0) is 137 Å². The third-order valence-corrected chi connectivity index (χ3v) is 26.7. The van der Waals surface area contributed by atoms with Crippen LogP contribution in [0.3, 0.4) is 0 Å². The van der Waals surface area contributed by atoms with Gasteiger partial charge in [0, 0.05) is 97.2 Å². The summed E-state index contributed by atoms with van der Waals surface area (Å²) in [6.45, 7) is 24.6. The Labute approximate surface area is 691 Å². The number of carbonyl (C=O) groups excluding carboxylic acids is 12. The number of nitrogens with zero attached hydrogens (tertiary/aromatic N) is 8. The summed E-state index contributed by atoms with van der Waals surface area (Å²) in [6.07, 6.45) is -25.0. The molecule has 15 N–H and O–H groups in total. The largest absolute Gasteiger partial charge is 0.462 e. The van der Waals surface area contributed by atoms with Gasteiger partial charge in [-0.1, -0.05) is 41.5 Å². The minimum absolute atomic E-state index is 0.0269. The summed E-state index contributed by atoms with van der Waals surface area (Å²) >= 11 is 0. The van der Waals surface area contributed by atoms with Crippen molar-refractivity contribution in [2.75, 3.05) is 92.6 Å². The van der Waals surface area contributed by atoms with Crippen LogP contribution in [0.1, 0.15) is 160 Å². The fourth-order valence-corrected chi connectivity index (χ4v) is 18.4. The Balaban J connectivity index is 0.000000202. The van der Waals surface area contributed by atoms with E-state index in [0.717, 1.165) is 50.3 Å². The maximum Gasteiger partial charge on any atom is 0.410 e. The number of hydrogen-bond acceptors (Lipinski definition) is 33. The quantitative estimate of drug-likeness (QED) is 0.0561. The topological polar surface area (TPSA) is 571 Å². The van der Waals surface area contributed by atoms with Crippen LogP contribution in [0.25, 0.3) is 0 Å². The molecule has 8 saturated heterocycles. The van der Waals surface area contributed by atoms with Gasteiger partial charge in [-0.2, -0.15) is 0 Å². The molecular formula is C79H129FN8O31. The highest BCUT2D eigenvalue weighted by atomic mass is 19.1. The molecule has 0 aromatic carbocycles. The molecule has 12 aliphatic rings.